The van der Waals surface area contributed by atoms with Crippen LogP contribution in [0.5, 0.6) is 23.0 Å². The third-order valence-electron chi connectivity index (χ3n) is 9.28. The van der Waals surface area contributed by atoms with Gasteiger partial charge in [-0.3, -0.25) is 0 Å². The van der Waals surface area contributed by atoms with E-state index < -0.39 is 11.7 Å². The minimum atomic E-state index is -4.49. The Kier molecular flexibility index (Phi) is 9.56. The second-order valence-electron chi connectivity index (χ2n) is 12.5. The van der Waals surface area contributed by atoms with Crippen molar-refractivity contribution >= 4 is 56.4 Å². The number of halogens is 4. The SMILES string of the molecule is Cc1c(C)c(O)c(/C=C/Cc2nc3cc(Cl)c(Cc4c(C)c(O)c(/C=C/Cc5nc6cc(C(F)(F)F)ccc6o5)c(C)c4O)cc3s2)c(C)c1O. The second-order valence-corrected chi connectivity index (χ2v) is 14.0. The van der Waals surface area contributed by atoms with Crippen LogP contribution in [-0.2, 0) is 25.4 Å². The first-order valence-electron chi connectivity index (χ1n) is 16.0. The summed E-state index contributed by atoms with van der Waals surface area (Å²) >= 11 is 8.19. The molecule has 0 amide bonds. The topological polar surface area (TPSA) is 120 Å². The average Bonchev–Trinajstić information content (AvgIpc) is 3.69. The number of hydrogen-bond donors (Lipinski definition) is 4. The van der Waals surface area contributed by atoms with E-state index in [-0.39, 0.29) is 52.8 Å². The zero-order valence-corrected chi connectivity index (χ0v) is 29.9. The number of phenolic OH excluding ortho intramolecular Hbond substituents is 4. The second kappa shape index (κ2) is 13.6. The molecule has 0 unspecified atom stereocenters. The zero-order valence-electron chi connectivity index (χ0n) is 28.3. The first-order chi connectivity index (χ1) is 24.0. The summed E-state index contributed by atoms with van der Waals surface area (Å²) < 4.78 is 45.7. The van der Waals surface area contributed by atoms with E-state index in [0.717, 1.165) is 32.9 Å². The summed E-state index contributed by atoms with van der Waals surface area (Å²) in [4.78, 5) is 8.88. The van der Waals surface area contributed by atoms with Crippen LogP contribution >= 0.6 is 22.9 Å². The Morgan fingerprint density at radius 1 is 0.745 bits per heavy atom. The fourth-order valence-corrected chi connectivity index (χ4v) is 7.28. The van der Waals surface area contributed by atoms with E-state index in [9.17, 15) is 33.6 Å². The van der Waals surface area contributed by atoms with Gasteiger partial charge in [-0.15, -0.1) is 11.3 Å². The van der Waals surface area contributed by atoms with E-state index >= 15 is 0 Å². The largest absolute Gasteiger partial charge is 0.507 e. The molecule has 0 saturated heterocycles. The number of thiazole rings is 1. The number of oxazole rings is 1. The lowest BCUT2D eigenvalue weighted by Crippen LogP contribution is -2.03. The van der Waals surface area contributed by atoms with Crippen molar-refractivity contribution in [3.63, 3.8) is 0 Å². The number of phenols is 4. The maximum atomic E-state index is 13.1. The van der Waals surface area contributed by atoms with Crippen molar-refractivity contribution in [1.29, 1.82) is 0 Å². The van der Waals surface area contributed by atoms with Crippen molar-refractivity contribution in [3.05, 3.63) is 114 Å². The van der Waals surface area contributed by atoms with Crippen LogP contribution in [0.1, 0.15) is 66.5 Å². The average molecular weight is 735 g/mol. The molecule has 7 nitrogen and oxygen atoms in total. The van der Waals surface area contributed by atoms with Crippen LogP contribution in [0.4, 0.5) is 13.2 Å². The van der Waals surface area contributed by atoms with Crippen molar-refractivity contribution < 1.29 is 38.0 Å². The number of aromatic nitrogens is 2. The fourth-order valence-electron chi connectivity index (χ4n) is 6.07. The predicted octanol–water partition coefficient (Wildman–Crippen LogP) is 10.6. The molecular weight excluding hydrogens is 701 g/mol. The van der Waals surface area contributed by atoms with Crippen molar-refractivity contribution in [3.8, 4) is 23.0 Å². The number of allylic oxidation sites excluding steroid dienone is 2. The van der Waals surface area contributed by atoms with E-state index in [4.69, 9.17) is 21.0 Å². The van der Waals surface area contributed by atoms with Gasteiger partial charge in [0.05, 0.1) is 20.8 Å². The molecule has 6 aromatic rings. The van der Waals surface area contributed by atoms with E-state index in [0.29, 0.717) is 56.0 Å². The molecule has 12 heteroatoms. The van der Waals surface area contributed by atoms with Crippen LogP contribution in [0.15, 0.2) is 46.9 Å². The highest BCUT2D eigenvalue weighted by molar-refractivity contribution is 7.18. The minimum Gasteiger partial charge on any atom is -0.507 e. The lowest BCUT2D eigenvalue weighted by Gasteiger charge is -2.17. The molecule has 4 N–H and O–H groups in total. The highest BCUT2D eigenvalue weighted by atomic mass is 35.5. The van der Waals surface area contributed by atoms with Gasteiger partial charge in [-0.1, -0.05) is 35.9 Å². The van der Waals surface area contributed by atoms with Gasteiger partial charge in [0.15, 0.2) is 11.5 Å². The molecule has 2 aromatic heterocycles. The molecule has 264 valence electrons. The van der Waals surface area contributed by atoms with Crippen LogP contribution in [0.3, 0.4) is 0 Å². The van der Waals surface area contributed by atoms with Gasteiger partial charge in [-0.25, -0.2) is 9.97 Å². The molecule has 4 aromatic carbocycles. The smallest absolute Gasteiger partial charge is 0.416 e. The Hall–Kier alpha value is -5.00. The highest BCUT2D eigenvalue weighted by Crippen LogP contribution is 2.41. The van der Waals surface area contributed by atoms with Gasteiger partial charge in [0.2, 0.25) is 0 Å². The third kappa shape index (κ3) is 6.88. The summed E-state index contributed by atoms with van der Waals surface area (Å²) in [5.41, 5.74) is 5.25. The normalized spacial score (nSPS) is 12.4. The van der Waals surface area contributed by atoms with E-state index in [1.165, 1.54) is 17.4 Å². The Balaban J connectivity index is 1.20. The molecule has 0 saturated carbocycles. The first-order valence-corrected chi connectivity index (χ1v) is 17.2. The van der Waals surface area contributed by atoms with E-state index in [1.807, 2.05) is 12.1 Å². The summed E-state index contributed by atoms with van der Waals surface area (Å²) in [6.45, 7) is 8.68. The van der Waals surface area contributed by atoms with Crippen molar-refractivity contribution in [2.24, 2.45) is 0 Å². The molecule has 0 aliphatic rings. The monoisotopic (exact) mass is 734 g/mol. The third-order valence-corrected chi connectivity index (χ3v) is 10.7. The van der Waals surface area contributed by atoms with E-state index in [2.05, 4.69) is 4.98 Å². The van der Waals surface area contributed by atoms with Crippen molar-refractivity contribution in [2.75, 3.05) is 0 Å². The molecule has 0 spiro atoms. The van der Waals surface area contributed by atoms with Gasteiger partial charge >= 0.3 is 6.18 Å². The van der Waals surface area contributed by atoms with Crippen LogP contribution in [-0.4, -0.2) is 30.4 Å². The Bertz CT molecular complexity index is 2350. The molecule has 51 heavy (non-hydrogen) atoms. The lowest BCUT2D eigenvalue weighted by atomic mass is 9.92. The first kappa shape index (κ1) is 35.8. The van der Waals surface area contributed by atoms with Crippen LogP contribution in [0, 0.1) is 34.6 Å². The quantitative estimate of drug-likeness (QED) is 0.115. The summed E-state index contributed by atoms with van der Waals surface area (Å²) in [6, 6.07) is 6.82. The van der Waals surface area contributed by atoms with Gasteiger partial charge in [0.1, 0.15) is 28.5 Å². The summed E-state index contributed by atoms with van der Waals surface area (Å²) in [7, 11) is 0. The Morgan fingerprint density at radius 2 is 1.37 bits per heavy atom. The van der Waals surface area contributed by atoms with Gasteiger partial charge in [0, 0.05) is 52.1 Å². The van der Waals surface area contributed by atoms with Gasteiger partial charge < -0.3 is 24.8 Å². The minimum absolute atomic E-state index is 0.00807. The number of aromatic hydroxyl groups is 4. The Morgan fingerprint density at radius 3 is 2.06 bits per heavy atom. The zero-order chi connectivity index (χ0) is 36.9. The van der Waals surface area contributed by atoms with Crippen molar-refractivity contribution in [1.82, 2.24) is 9.97 Å². The fraction of sp³-hybridized carbons (Fsp3) is 0.231. The number of benzene rings is 4. The molecular formula is C39H34ClF3N2O5S. The Labute approximate surface area is 300 Å². The predicted molar refractivity (Wildman–Crippen MR) is 195 cm³/mol. The molecule has 6 rings (SSSR count). The summed E-state index contributed by atoms with van der Waals surface area (Å²) in [5, 5.41) is 44.8. The maximum Gasteiger partial charge on any atom is 0.416 e. The van der Waals surface area contributed by atoms with Gasteiger partial charge in [0.25, 0.3) is 0 Å². The van der Waals surface area contributed by atoms with Crippen LogP contribution in [0.2, 0.25) is 5.02 Å². The molecule has 0 bridgehead atoms. The molecule has 0 atom stereocenters. The number of rotatable bonds is 8. The summed E-state index contributed by atoms with van der Waals surface area (Å²) in [5.74, 6) is 0.492. The highest BCUT2D eigenvalue weighted by Gasteiger charge is 2.31. The number of nitrogens with zero attached hydrogens (tertiary/aromatic N) is 2. The van der Waals surface area contributed by atoms with Gasteiger partial charge in [-0.05, 0) is 87.2 Å². The number of alkyl halides is 3. The molecule has 2 heterocycles. The molecule has 0 radical (unpaired) electrons. The van der Waals surface area contributed by atoms with Crippen LogP contribution in [0.25, 0.3) is 33.5 Å². The van der Waals surface area contributed by atoms with Crippen LogP contribution < -0.4 is 0 Å². The van der Waals surface area contributed by atoms with Gasteiger partial charge in [-0.2, -0.15) is 13.2 Å². The number of hydrogen-bond acceptors (Lipinski definition) is 8. The molecule has 0 aliphatic carbocycles. The molecule has 0 aliphatic heterocycles. The lowest BCUT2D eigenvalue weighted by molar-refractivity contribution is -0.137. The standard InChI is InChI=1S/C39H34ClF3N2O5S/c1-18-19(2)36(47)25(20(3)35(18)46)9-7-11-34-45-30-17-28(40)23(15-32(30)51-34)14-27-22(5)37(48)26(21(4)38(27)49)8-6-10-33-44-29-16-24(39(41,42)43)12-13-31(29)50-33/h6-9,12-13,15-17,46-49H,10-11,14H2,1-5H3/b8-6+,9-7+. The van der Waals surface area contributed by atoms with E-state index in [1.54, 1.807) is 58.9 Å². The summed E-state index contributed by atoms with van der Waals surface area (Å²) in [6.07, 6.45) is 3.35. The number of fused-ring (bicyclic) bond motifs is 2. The van der Waals surface area contributed by atoms with Crippen molar-refractivity contribution in [2.45, 2.75) is 60.1 Å². The maximum absolute atomic E-state index is 13.1. The molecule has 0 fully saturated rings.